The van der Waals surface area contributed by atoms with Crippen LogP contribution in [0.3, 0.4) is 0 Å². The average Bonchev–Trinajstić information content (AvgIpc) is 2.76. The van der Waals surface area contributed by atoms with E-state index in [-0.39, 0.29) is 5.69 Å². The van der Waals surface area contributed by atoms with Crippen LogP contribution in [0.25, 0.3) is 11.0 Å². The van der Waals surface area contributed by atoms with Crippen molar-refractivity contribution in [3.05, 3.63) is 34.2 Å². The maximum absolute atomic E-state index is 12.8. The molecule has 0 spiro atoms. The van der Waals surface area contributed by atoms with E-state index in [2.05, 4.69) is 10.6 Å². The predicted octanol–water partition coefficient (Wildman–Crippen LogP) is 0.641. The summed E-state index contributed by atoms with van der Waals surface area (Å²) >= 11 is 0. The van der Waals surface area contributed by atoms with Crippen molar-refractivity contribution in [2.45, 2.75) is 31.7 Å². The summed E-state index contributed by atoms with van der Waals surface area (Å²) in [5, 5.41) is 5.44. The Kier molecular flexibility index (Phi) is 4.53. The number of para-hydroxylation sites is 1. The molecule has 0 radical (unpaired) electrons. The Hall–Kier alpha value is -2.41. The molecule has 2 aromatic rings. The Morgan fingerprint density at radius 1 is 1.46 bits per heavy atom. The molecule has 1 aromatic carbocycles. The van der Waals surface area contributed by atoms with E-state index in [0.29, 0.717) is 18.7 Å². The average molecular weight is 330 g/mol. The Labute approximate surface area is 139 Å². The van der Waals surface area contributed by atoms with E-state index >= 15 is 0 Å². The summed E-state index contributed by atoms with van der Waals surface area (Å²) in [7, 11) is 1.73. The molecule has 24 heavy (non-hydrogen) atoms. The number of carbonyl (C=O) groups excluding carboxylic acids is 2. The first-order chi connectivity index (χ1) is 11.6. The number of rotatable bonds is 6. The van der Waals surface area contributed by atoms with Gasteiger partial charge in [-0.1, -0.05) is 25.5 Å². The van der Waals surface area contributed by atoms with Gasteiger partial charge >= 0.3 is 5.69 Å². The number of hydrogen-bond donors (Lipinski definition) is 2. The highest BCUT2D eigenvalue weighted by Gasteiger charge is 2.28. The molecule has 128 valence electrons. The number of aromatic nitrogens is 2. The second-order valence-corrected chi connectivity index (χ2v) is 6.21. The molecule has 7 heteroatoms. The highest BCUT2D eigenvalue weighted by Crippen LogP contribution is 2.29. The van der Waals surface area contributed by atoms with Gasteiger partial charge in [0.05, 0.1) is 11.0 Å². The molecule has 1 fully saturated rings. The quantitative estimate of drug-likeness (QED) is 0.761. The lowest BCUT2D eigenvalue weighted by Crippen LogP contribution is -2.40. The van der Waals surface area contributed by atoms with E-state index in [1.165, 1.54) is 4.57 Å². The lowest BCUT2D eigenvalue weighted by Gasteiger charge is -2.28. The molecule has 1 aliphatic rings. The number of imide groups is 1. The maximum Gasteiger partial charge on any atom is 0.329 e. The van der Waals surface area contributed by atoms with Crippen LogP contribution in [0.15, 0.2) is 23.0 Å². The van der Waals surface area contributed by atoms with Gasteiger partial charge in [0.25, 0.3) is 0 Å². The molecule has 0 aliphatic carbocycles. The molecule has 1 unspecified atom stereocenters. The molecule has 1 saturated heterocycles. The van der Waals surface area contributed by atoms with Gasteiger partial charge in [-0.05, 0) is 18.1 Å². The third-order valence-electron chi connectivity index (χ3n) is 4.73. The van der Waals surface area contributed by atoms with Gasteiger partial charge in [-0.15, -0.1) is 0 Å². The van der Waals surface area contributed by atoms with Crippen molar-refractivity contribution in [2.24, 2.45) is 7.05 Å². The summed E-state index contributed by atoms with van der Waals surface area (Å²) in [5.74, 6) is -0.0688. The Morgan fingerprint density at radius 2 is 2.21 bits per heavy atom. The summed E-state index contributed by atoms with van der Waals surface area (Å²) < 4.78 is 3.13. The van der Waals surface area contributed by atoms with Crippen LogP contribution in [0.4, 0.5) is 0 Å². The smallest absolute Gasteiger partial charge is 0.315 e. The van der Waals surface area contributed by atoms with Crippen LogP contribution in [-0.4, -0.2) is 34.5 Å². The van der Waals surface area contributed by atoms with Crippen LogP contribution in [0.1, 0.15) is 37.3 Å². The van der Waals surface area contributed by atoms with Crippen molar-refractivity contribution in [2.75, 3.05) is 13.1 Å². The van der Waals surface area contributed by atoms with Crippen molar-refractivity contribution >= 4 is 23.4 Å². The molecule has 3 rings (SSSR count). The second kappa shape index (κ2) is 6.60. The van der Waals surface area contributed by atoms with Crippen molar-refractivity contribution in [3.8, 4) is 0 Å². The van der Waals surface area contributed by atoms with E-state index < -0.39 is 11.9 Å². The van der Waals surface area contributed by atoms with E-state index in [4.69, 9.17) is 0 Å². The number of nitrogens with zero attached hydrogens (tertiary/aromatic N) is 2. The highest BCUT2D eigenvalue weighted by molar-refractivity contribution is 5.91. The monoisotopic (exact) mass is 330 g/mol. The molecule has 1 atom stereocenters. The minimum atomic E-state index is -0.689. The lowest BCUT2D eigenvalue weighted by molar-refractivity contribution is -0.128. The first-order valence-electron chi connectivity index (χ1n) is 8.24. The van der Waals surface area contributed by atoms with Gasteiger partial charge in [0, 0.05) is 26.1 Å². The first-order valence-corrected chi connectivity index (χ1v) is 8.24. The minimum absolute atomic E-state index is 0.232. The van der Waals surface area contributed by atoms with Crippen molar-refractivity contribution in [1.82, 2.24) is 19.8 Å². The van der Waals surface area contributed by atoms with E-state index in [1.807, 2.05) is 25.1 Å². The number of carbonyl (C=O) groups is 2. The van der Waals surface area contributed by atoms with Crippen molar-refractivity contribution in [3.63, 3.8) is 0 Å². The Bertz CT molecular complexity index is 832. The Morgan fingerprint density at radius 3 is 2.79 bits per heavy atom. The molecule has 2 N–H and O–H groups in total. The van der Waals surface area contributed by atoms with E-state index in [9.17, 15) is 14.4 Å². The normalized spacial score (nSPS) is 15.9. The fourth-order valence-corrected chi connectivity index (χ4v) is 3.41. The molecule has 1 aromatic heterocycles. The molecule has 2 heterocycles. The van der Waals surface area contributed by atoms with Gasteiger partial charge in [0.2, 0.25) is 12.3 Å². The number of fused-ring (bicyclic) bond motifs is 1. The van der Waals surface area contributed by atoms with Crippen LogP contribution >= 0.6 is 0 Å². The molecule has 7 nitrogen and oxygen atoms in total. The van der Waals surface area contributed by atoms with Crippen LogP contribution in [0.5, 0.6) is 0 Å². The molecular formula is C17H22N4O3. The third-order valence-corrected chi connectivity index (χ3v) is 4.73. The van der Waals surface area contributed by atoms with Gasteiger partial charge in [-0.2, -0.15) is 0 Å². The first kappa shape index (κ1) is 16.4. The Balaban J connectivity index is 2.20. The standard InChI is InChI=1S/C17H22N4O3/c1-3-5-14(16(23)19-10-22)21-13-7-4-6-12(11-8-18-9-11)15(13)20(2)17(21)24/h4,6-7,10-11,14,18H,3,5,8-9H2,1-2H3,(H,19,22,23). The zero-order valence-corrected chi connectivity index (χ0v) is 13.9. The SMILES string of the molecule is CCCC(C(=O)NC=O)n1c(=O)n(C)c2c(C3CNC3)cccc21. The predicted molar refractivity (Wildman–Crippen MR) is 90.9 cm³/mol. The fraction of sp³-hybridized carbons (Fsp3) is 0.471. The molecule has 2 amide bonds. The number of hydrogen-bond acceptors (Lipinski definition) is 4. The third kappa shape index (κ3) is 2.54. The lowest BCUT2D eigenvalue weighted by atomic mass is 9.92. The molecule has 0 bridgehead atoms. The van der Waals surface area contributed by atoms with Crippen molar-refractivity contribution in [1.29, 1.82) is 0 Å². The van der Waals surface area contributed by atoms with Gasteiger partial charge < -0.3 is 5.32 Å². The molecule has 1 aliphatic heterocycles. The summed E-state index contributed by atoms with van der Waals surface area (Å²) in [6.45, 7) is 3.73. The van der Waals surface area contributed by atoms with Crippen molar-refractivity contribution < 1.29 is 9.59 Å². The minimum Gasteiger partial charge on any atom is -0.315 e. The van der Waals surface area contributed by atoms with Gasteiger partial charge in [0.15, 0.2) is 0 Å². The summed E-state index contributed by atoms with van der Waals surface area (Å²) in [5.41, 5.74) is 2.50. The van der Waals surface area contributed by atoms with E-state index in [0.717, 1.165) is 36.1 Å². The number of benzene rings is 1. The zero-order valence-electron chi connectivity index (χ0n) is 13.9. The fourth-order valence-electron chi connectivity index (χ4n) is 3.41. The number of imidazole rings is 1. The van der Waals surface area contributed by atoms with Gasteiger partial charge in [-0.25, -0.2) is 4.79 Å². The zero-order chi connectivity index (χ0) is 17.3. The molecule has 0 saturated carbocycles. The summed E-state index contributed by atoms with van der Waals surface area (Å²) in [6.07, 6.45) is 1.59. The number of nitrogens with one attached hydrogen (secondary N) is 2. The van der Waals surface area contributed by atoms with Gasteiger partial charge in [-0.3, -0.25) is 24.0 Å². The highest BCUT2D eigenvalue weighted by atomic mass is 16.2. The molecular weight excluding hydrogens is 308 g/mol. The summed E-state index contributed by atoms with van der Waals surface area (Å²) in [6, 6.07) is 5.14. The van der Waals surface area contributed by atoms with Crippen LogP contribution in [0.2, 0.25) is 0 Å². The summed E-state index contributed by atoms with van der Waals surface area (Å²) in [4.78, 5) is 35.8. The van der Waals surface area contributed by atoms with E-state index in [1.54, 1.807) is 11.6 Å². The van der Waals surface area contributed by atoms with Gasteiger partial charge in [0.1, 0.15) is 6.04 Å². The largest absolute Gasteiger partial charge is 0.329 e. The van der Waals surface area contributed by atoms with Crippen LogP contribution in [-0.2, 0) is 16.6 Å². The maximum atomic E-state index is 12.8. The number of amides is 2. The number of aryl methyl sites for hydroxylation is 1. The van der Waals surface area contributed by atoms with Crippen LogP contribution < -0.4 is 16.3 Å². The van der Waals surface area contributed by atoms with Crippen LogP contribution in [0, 0.1) is 0 Å². The second-order valence-electron chi connectivity index (χ2n) is 6.21. The topological polar surface area (TPSA) is 85.1 Å².